The van der Waals surface area contributed by atoms with Gasteiger partial charge < -0.3 is 14.3 Å². The molecule has 0 fully saturated rings. The largest absolute Gasteiger partial charge is 0.462 e. The van der Waals surface area contributed by atoms with Crippen LogP contribution in [0.2, 0.25) is 0 Å². The van der Waals surface area contributed by atoms with Crippen molar-refractivity contribution in [3.05, 3.63) is 64.4 Å². The SMILES string of the molecule is CCOC(=O)c1cccc(-c2ccc(/C=C3\C(=O)N(CCCO)C(=O)C(C#N)=C3C)o2)c1. The molecule has 2 heterocycles. The quantitative estimate of drug-likeness (QED) is 0.404. The van der Waals surface area contributed by atoms with E-state index in [0.29, 0.717) is 22.6 Å². The van der Waals surface area contributed by atoms with Gasteiger partial charge in [-0.1, -0.05) is 12.1 Å². The topological polar surface area (TPSA) is 121 Å². The number of nitrogens with zero attached hydrogens (tertiary/aromatic N) is 2. The van der Waals surface area contributed by atoms with Crippen molar-refractivity contribution in [1.29, 1.82) is 5.26 Å². The van der Waals surface area contributed by atoms with Crippen LogP contribution in [-0.4, -0.2) is 47.5 Å². The molecule has 32 heavy (non-hydrogen) atoms. The maximum atomic E-state index is 12.9. The number of hydrogen-bond donors (Lipinski definition) is 1. The van der Waals surface area contributed by atoms with E-state index in [2.05, 4.69) is 0 Å². The third-order valence-corrected chi connectivity index (χ3v) is 4.94. The Kier molecular flexibility index (Phi) is 7.03. The number of hydrogen-bond acceptors (Lipinski definition) is 7. The van der Waals surface area contributed by atoms with Crippen LogP contribution in [0, 0.1) is 11.3 Å². The van der Waals surface area contributed by atoms with E-state index in [0.717, 1.165) is 4.90 Å². The number of imide groups is 1. The fourth-order valence-electron chi connectivity index (χ4n) is 3.30. The second-order valence-electron chi connectivity index (χ2n) is 7.01. The summed E-state index contributed by atoms with van der Waals surface area (Å²) >= 11 is 0. The van der Waals surface area contributed by atoms with Crippen LogP contribution in [0.5, 0.6) is 0 Å². The van der Waals surface area contributed by atoms with Gasteiger partial charge in [0.15, 0.2) is 0 Å². The molecule has 0 bridgehead atoms. The van der Waals surface area contributed by atoms with Crippen molar-refractivity contribution >= 4 is 23.9 Å². The molecule has 8 heteroatoms. The van der Waals surface area contributed by atoms with E-state index < -0.39 is 17.8 Å². The molecule has 1 aromatic carbocycles. The van der Waals surface area contributed by atoms with E-state index in [4.69, 9.17) is 14.3 Å². The van der Waals surface area contributed by atoms with Gasteiger partial charge in [-0.25, -0.2) is 4.79 Å². The van der Waals surface area contributed by atoms with Crippen molar-refractivity contribution in [2.45, 2.75) is 20.3 Å². The summed E-state index contributed by atoms with van der Waals surface area (Å²) in [5.41, 5.74) is 1.35. The second-order valence-corrected chi connectivity index (χ2v) is 7.01. The lowest BCUT2D eigenvalue weighted by Gasteiger charge is -2.27. The molecule has 8 nitrogen and oxygen atoms in total. The number of aliphatic hydroxyl groups excluding tert-OH is 1. The van der Waals surface area contributed by atoms with Crippen LogP contribution in [0.1, 0.15) is 36.4 Å². The van der Waals surface area contributed by atoms with Gasteiger partial charge >= 0.3 is 5.97 Å². The zero-order valence-electron chi connectivity index (χ0n) is 17.8. The number of carbonyl (C=O) groups is 3. The Hall–Kier alpha value is -3.96. The minimum atomic E-state index is -0.670. The first kappa shape index (κ1) is 22.7. The molecule has 1 aromatic heterocycles. The first-order valence-electron chi connectivity index (χ1n) is 10.1. The average molecular weight is 434 g/mol. The van der Waals surface area contributed by atoms with Gasteiger partial charge in [-0.05, 0) is 56.2 Å². The fourth-order valence-corrected chi connectivity index (χ4v) is 3.30. The summed E-state index contributed by atoms with van der Waals surface area (Å²) in [5, 5.41) is 18.5. The second kappa shape index (κ2) is 9.90. The molecule has 0 saturated heterocycles. The van der Waals surface area contributed by atoms with Crippen LogP contribution >= 0.6 is 0 Å². The number of rotatable bonds is 7. The highest BCUT2D eigenvalue weighted by Gasteiger charge is 2.35. The van der Waals surface area contributed by atoms with Crippen molar-refractivity contribution in [1.82, 2.24) is 4.90 Å². The van der Waals surface area contributed by atoms with Crippen LogP contribution < -0.4 is 0 Å². The summed E-state index contributed by atoms with van der Waals surface area (Å²) in [5.74, 6) is -0.841. The molecule has 1 aliphatic rings. The molecule has 2 amide bonds. The zero-order valence-corrected chi connectivity index (χ0v) is 17.8. The zero-order chi connectivity index (χ0) is 23.3. The fraction of sp³-hybridized carbons (Fsp3) is 0.250. The Bertz CT molecular complexity index is 1170. The predicted molar refractivity (Wildman–Crippen MR) is 115 cm³/mol. The molecular weight excluding hydrogens is 412 g/mol. The van der Waals surface area contributed by atoms with Crippen LogP contribution in [0.25, 0.3) is 17.4 Å². The maximum absolute atomic E-state index is 12.9. The Morgan fingerprint density at radius 3 is 2.72 bits per heavy atom. The van der Waals surface area contributed by atoms with Gasteiger partial charge in [0.05, 0.1) is 12.2 Å². The van der Waals surface area contributed by atoms with Crippen molar-refractivity contribution < 1.29 is 28.6 Å². The molecule has 164 valence electrons. The van der Waals surface area contributed by atoms with Crippen LogP contribution in [0.4, 0.5) is 0 Å². The summed E-state index contributed by atoms with van der Waals surface area (Å²) < 4.78 is 10.9. The standard InChI is InChI=1S/C24H22N2O6/c1-3-31-24(30)17-7-4-6-16(12-17)21-9-8-18(32-21)13-19-15(2)20(14-25)23(29)26(22(19)28)10-5-11-27/h4,6-9,12-13,27H,3,5,10-11H2,1-2H3/b19-13-. The molecule has 0 unspecified atom stereocenters. The summed E-state index contributed by atoms with van der Waals surface area (Å²) in [6.45, 7) is 3.36. The number of ether oxygens (including phenoxy) is 1. The van der Waals surface area contributed by atoms with Crippen LogP contribution in [0.3, 0.4) is 0 Å². The Morgan fingerprint density at radius 2 is 2.03 bits per heavy atom. The number of furan rings is 1. The van der Waals surface area contributed by atoms with Crippen molar-refractivity contribution in [2.75, 3.05) is 19.8 Å². The van der Waals surface area contributed by atoms with E-state index in [-0.39, 0.29) is 42.9 Å². The van der Waals surface area contributed by atoms with Crippen molar-refractivity contribution in [2.24, 2.45) is 0 Å². The maximum Gasteiger partial charge on any atom is 0.338 e. The lowest BCUT2D eigenvalue weighted by Crippen LogP contribution is -2.43. The smallest absolute Gasteiger partial charge is 0.338 e. The Labute approximate surface area is 185 Å². The Balaban J connectivity index is 1.96. The van der Waals surface area contributed by atoms with Crippen LogP contribution in [0.15, 0.2) is 57.5 Å². The van der Waals surface area contributed by atoms with E-state index in [1.54, 1.807) is 43.3 Å². The first-order chi connectivity index (χ1) is 15.4. The molecule has 1 N–H and O–H groups in total. The van der Waals surface area contributed by atoms with Crippen LogP contribution in [-0.2, 0) is 14.3 Å². The van der Waals surface area contributed by atoms with E-state index >= 15 is 0 Å². The van der Waals surface area contributed by atoms with Gasteiger partial charge in [-0.3, -0.25) is 14.5 Å². The van der Waals surface area contributed by atoms with Gasteiger partial charge in [-0.2, -0.15) is 5.26 Å². The molecule has 0 saturated carbocycles. The molecular formula is C24H22N2O6. The third kappa shape index (κ3) is 4.53. The van der Waals surface area contributed by atoms with Gasteiger partial charge in [0.1, 0.15) is 23.2 Å². The monoisotopic (exact) mass is 434 g/mol. The summed E-state index contributed by atoms with van der Waals surface area (Å²) in [6, 6.07) is 12.0. The van der Waals surface area contributed by atoms with Gasteiger partial charge in [0.2, 0.25) is 0 Å². The van der Waals surface area contributed by atoms with Gasteiger partial charge in [-0.15, -0.1) is 0 Å². The number of benzene rings is 1. The number of nitriles is 1. The summed E-state index contributed by atoms with van der Waals surface area (Å²) in [7, 11) is 0. The average Bonchev–Trinajstić information content (AvgIpc) is 3.26. The van der Waals surface area contributed by atoms with Crippen molar-refractivity contribution in [3.8, 4) is 17.4 Å². The molecule has 0 spiro atoms. The summed E-state index contributed by atoms with van der Waals surface area (Å²) in [6.07, 6.45) is 1.69. The minimum absolute atomic E-state index is 0.00796. The highest BCUT2D eigenvalue weighted by molar-refractivity contribution is 6.19. The number of aliphatic hydroxyl groups is 1. The lowest BCUT2D eigenvalue weighted by atomic mass is 9.94. The normalized spacial score (nSPS) is 15.3. The molecule has 2 aromatic rings. The Morgan fingerprint density at radius 1 is 1.25 bits per heavy atom. The summed E-state index contributed by atoms with van der Waals surface area (Å²) in [4.78, 5) is 38.3. The number of carbonyl (C=O) groups excluding carboxylic acids is 3. The highest BCUT2D eigenvalue weighted by atomic mass is 16.5. The highest BCUT2D eigenvalue weighted by Crippen LogP contribution is 2.29. The molecule has 0 aliphatic carbocycles. The third-order valence-electron chi connectivity index (χ3n) is 4.94. The van der Waals surface area contributed by atoms with E-state index in [1.165, 1.54) is 13.0 Å². The first-order valence-corrected chi connectivity index (χ1v) is 10.1. The van der Waals surface area contributed by atoms with E-state index in [1.807, 2.05) is 6.07 Å². The molecule has 0 atom stereocenters. The minimum Gasteiger partial charge on any atom is -0.462 e. The number of esters is 1. The predicted octanol–water partition coefficient (Wildman–Crippen LogP) is 3.10. The van der Waals surface area contributed by atoms with Crippen molar-refractivity contribution in [3.63, 3.8) is 0 Å². The van der Waals surface area contributed by atoms with Gasteiger partial charge in [0, 0.05) is 24.3 Å². The molecule has 0 radical (unpaired) electrons. The van der Waals surface area contributed by atoms with Gasteiger partial charge in [0.25, 0.3) is 11.8 Å². The lowest BCUT2D eigenvalue weighted by molar-refractivity contribution is -0.140. The number of amides is 2. The molecule has 3 rings (SSSR count). The molecule has 1 aliphatic heterocycles. The van der Waals surface area contributed by atoms with E-state index in [9.17, 15) is 19.6 Å².